The van der Waals surface area contributed by atoms with E-state index in [1.165, 1.54) is 4.90 Å². The summed E-state index contributed by atoms with van der Waals surface area (Å²) in [4.78, 5) is 1.24. The summed E-state index contributed by atoms with van der Waals surface area (Å²) in [6, 6.07) is 13.5. The Labute approximate surface area is 151 Å². The smallest absolute Gasteiger partial charge is 0.190 e. The van der Waals surface area contributed by atoms with E-state index in [0.717, 1.165) is 12.1 Å². The molecule has 3 rings (SSSR count). The molecule has 1 aliphatic heterocycles. The largest absolute Gasteiger partial charge is 0.334 e. The zero-order valence-electron chi connectivity index (χ0n) is 13.8. The van der Waals surface area contributed by atoms with Gasteiger partial charge in [0.2, 0.25) is 0 Å². The first-order chi connectivity index (χ1) is 12.0. The molecule has 0 saturated heterocycles. The topological polar surface area (TPSA) is 99.7 Å². The van der Waals surface area contributed by atoms with Crippen molar-refractivity contribution in [3.63, 3.8) is 0 Å². The fourth-order valence-electron chi connectivity index (χ4n) is 4.13. The number of nitrogens with zero attached hydrogens (tertiary/aromatic N) is 3. The lowest BCUT2D eigenvalue weighted by Gasteiger charge is -2.46. The van der Waals surface area contributed by atoms with Gasteiger partial charge in [0, 0.05) is 16.9 Å². The number of halogens is 1. The number of benzene rings is 1. The molecule has 6 heteroatoms. The van der Waals surface area contributed by atoms with Crippen LogP contribution in [0.15, 0.2) is 35.9 Å². The number of fused-ring (bicyclic) bond motifs is 1. The molecular formula is C19H17ClN5+. The predicted molar refractivity (Wildman–Crippen MR) is 92.9 cm³/mol. The van der Waals surface area contributed by atoms with Crippen molar-refractivity contribution in [1.82, 2.24) is 0 Å². The van der Waals surface area contributed by atoms with Crippen LogP contribution in [-0.4, -0.2) is 25.8 Å². The van der Waals surface area contributed by atoms with Gasteiger partial charge in [-0.15, -0.1) is 0 Å². The Morgan fingerprint density at radius 3 is 2.52 bits per heavy atom. The molecule has 2 unspecified atom stereocenters. The summed E-state index contributed by atoms with van der Waals surface area (Å²) < 4.78 is 0. The van der Waals surface area contributed by atoms with Crippen LogP contribution in [0, 0.1) is 56.7 Å². The molecular weight excluding hydrogens is 334 g/mol. The number of likely N-dealkylation sites (N-methyl/N-ethyl adjacent to an activating group) is 1. The van der Waals surface area contributed by atoms with Crippen molar-refractivity contribution in [1.29, 1.82) is 21.2 Å². The minimum Gasteiger partial charge on any atom is -0.334 e. The molecule has 5 nitrogen and oxygen atoms in total. The van der Waals surface area contributed by atoms with Crippen molar-refractivity contribution in [2.75, 3.05) is 20.1 Å². The maximum Gasteiger partial charge on any atom is 0.190 e. The zero-order valence-corrected chi connectivity index (χ0v) is 14.5. The maximum atomic E-state index is 9.91. The van der Waals surface area contributed by atoms with Crippen LogP contribution in [0.4, 0.5) is 0 Å². The van der Waals surface area contributed by atoms with Gasteiger partial charge in [0.05, 0.1) is 44.1 Å². The normalized spacial score (nSPS) is 30.2. The summed E-state index contributed by atoms with van der Waals surface area (Å²) in [5.41, 5.74) is -0.277. The zero-order chi connectivity index (χ0) is 18.2. The molecule has 1 saturated carbocycles. The molecule has 124 valence electrons. The Bertz CT molecular complexity index is 868. The lowest BCUT2D eigenvalue weighted by atomic mass is 9.54. The molecule has 2 N–H and O–H groups in total. The Hall–Kier alpha value is -2.65. The van der Waals surface area contributed by atoms with E-state index in [0.29, 0.717) is 17.1 Å². The van der Waals surface area contributed by atoms with Gasteiger partial charge < -0.3 is 10.3 Å². The molecule has 1 heterocycles. The molecule has 1 fully saturated rings. The summed E-state index contributed by atoms with van der Waals surface area (Å²) in [7, 11) is 2.04. The molecule has 4 atom stereocenters. The first-order valence-corrected chi connectivity index (χ1v) is 8.44. The highest BCUT2D eigenvalue weighted by Crippen LogP contribution is 2.53. The van der Waals surface area contributed by atoms with Crippen LogP contribution in [0.2, 0.25) is 5.02 Å². The summed E-state index contributed by atoms with van der Waals surface area (Å²) in [5, 5.41) is 38.4. The van der Waals surface area contributed by atoms with E-state index in [1.807, 2.05) is 25.3 Å². The van der Waals surface area contributed by atoms with Gasteiger partial charge in [-0.3, -0.25) is 0 Å². The fraction of sp³-hybridized carbons (Fsp3) is 0.368. The average molecular weight is 351 g/mol. The van der Waals surface area contributed by atoms with Crippen LogP contribution in [0.3, 0.4) is 0 Å². The third-order valence-corrected chi connectivity index (χ3v) is 5.66. The number of hydrogen-bond donors (Lipinski definition) is 2. The van der Waals surface area contributed by atoms with Crippen LogP contribution in [0.1, 0.15) is 11.5 Å². The van der Waals surface area contributed by atoms with Crippen molar-refractivity contribution in [2.45, 2.75) is 5.92 Å². The highest BCUT2D eigenvalue weighted by molar-refractivity contribution is 6.31. The van der Waals surface area contributed by atoms with Gasteiger partial charge in [-0.1, -0.05) is 29.8 Å². The van der Waals surface area contributed by atoms with E-state index in [2.05, 4.69) is 18.2 Å². The number of rotatable bonds is 1. The van der Waals surface area contributed by atoms with E-state index in [4.69, 9.17) is 17.0 Å². The third kappa shape index (κ3) is 2.43. The van der Waals surface area contributed by atoms with E-state index < -0.39 is 17.3 Å². The number of quaternary nitrogens is 1. The Morgan fingerprint density at radius 1 is 1.24 bits per heavy atom. The summed E-state index contributed by atoms with van der Waals surface area (Å²) in [5.74, 6) is -1.56. The third-order valence-electron chi connectivity index (χ3n) is 5.32. The standard InChI is InChI=1S/C19H16ClN5/c1-25-7-6-12-14(8-21)18(24)19(10-22,11-23)17(15(12)9-25)13-4-2-3-5-16(13)20/h2-6,14-15,17,24H,7,9H2,1H3/p+1/t14?,15-,17-/m0/s1. The summed E-state index contributed by atoms with van der Waals surface area (Å²) in [6.45, 7) is 1.46. The number of nitriles is 3. The lowest BCUT2D eigenvalue weighted by Crippen LogP contribution is -3.10. The van der Waals surface area contributed by atoms with Crippen molar-refractivity contribution in [2.24, 2.45) is 17.3 Å². The lowest BCUT2D eigenvalue weighted by molar-refractivity contribution is -0.878. The van der Waals surface area contributed by atoms with Gasteiger partial charge in [0.15, 0.2) is 5.41 Å². The highest BCUT2D eigenvalue weighted by Gasteiger charge is 2.58. The average Bonchev–Trinajstić information content (AvgIpc) is 2.62. The molecule has 0 aromatic heterocycles. The van der Waals surface area contributed by atoms with Gasteiger partial charge in [0.1, 0.15) is 5.92 Å². The summed E-state index contributed by atoms with van der Waals surface area (Å²) in [6.07, 6.45) is 1.99. The van der Waals surface area contributed by atoms with Crippen LogP contribution in [0.25, 0.3) is 0 Å². The molecule has 0 radical (unpaired) electrons. The second-order valence-corrected chi connectivity index (χ2v) is 7.09. The van der Waals surface area contributed by atoms with Crippen LogP contribution < -0.4 is 4.90 Å². The molecule has 2 aliphatic rings. The molecule has 1 aliphatic carbocycles. The van der Waals surface area contributed by atoms with E-state index in [-0.39, 0.29) is 11.6 Å². The maximum absolute atomic E-state index is 9.91. The first kappa shape index (κ1) is 17.2. The van der Waals surface area contributed by atoms with Crippen LogP contribution in [0.5, 0.6) is 0 Å². The Morgan fingerprint density at radius 2 is 1.92 bits per heavy atom. The van der Waals surface area contributed by atoms with Crippen LogP contribution in [-0.2, 0) is 0 Å². The summed E-state index contributed by atoms with van der Waals surface area (Å²) >= 11 is 6.40. The van der Waals surface area contributed by atoms with Crippen molar-refractivity contribution < 1.29 is 4.90 Å². The Balaban J connectivity index is 2.30. The molecule has 0 spiro atoms. The van der Waals surface area contributed by atoms with Crippen molar-refractivity contribution in [3.8, 4) is 18.2 Å². The molecule has 1 aromatic carbocycles. The molecule has 0 bridgehead atoms. The number of hydrogen-bond acceptors (Lipinski definition) is 4. The molecule has 0 amide bonds. The SMILES string of the molecule is C[NH+]1CC=C2C(C#N)C(=N)C(C#N)(C#N)[C@@H](c3ccccc3Cl)[C@H]2C1. The quantitative estimate of drug-likeness (QED) is 0.754. The monoisotopic (exact) mass is 350 g/mol. The first-order valence-electron chi connectivity index (χ1n) is 8.06. The minimum atomic E-state index is -1.69. The van der Waals surface area contributed by atoms with E-state index >= 15 is 0 Å². The van der Waals surface area contributed by atoms with E-state index in [9.17, 15) is 15.8 Å². The fourth-order valence-corrected chi connectivity index (χ4v) is 4.38. The Kier molecular flexibility index (Phi) is 4.36. The van der Waals surface area contributed by atoms with E-state index in [1.54, 1.807) is 12.1 Å². The van der Waals surface area contributed by atoms with Crippen LogP contribution >= 0.6 is 11.6 Å². The minimum absolute atomic E-state index is 0.132. The highest BCUT2D eigenvalue weighted by atomic mass is 35.5. The van der Waals surface area contributed by atoms with Gasteiger partial charge in [-0.25, -0.2) is 0 Å². The van der Waals surface area contributed by atoms with Gasteiger partial charge in [-0.05, 0) is 23.3 Å². The second kappa shape index (κ2) is 6.34. The second-order valence-electron chi connectivity index (χ2n) is 6.68. The predicted octanol–water partition coefficient (Wildman–Crippen LogP) is 1.70. The molecule has 1 aromatic rings. The van der Waals surface area contributed by atoms with Crippen molar-refractivity contribution >= 4 is 17.3 Å². The van der Waals surface area contributed by atoms with Gasteiger partial charge in [-0.2, -0.15) is 15.8 Å². The van der Waals surface area contributed by atoms with Crippen molar-refractivity contribution in [3.05, 3.63) is 46.5 Å². The number of nitrogens with one attached hydrogen (secondary N) is 2. The molecule has 25 heavy (non-hydrogen) atoms. The van der Waals surface area contributed by atoms with Gasteiger partial charge >= 0.3 is 0 Å². The van der Waals surface area contributed by atoms with Gasteiger partial charge in [0.25, 0.3) is 0 Å².